The lowest BCUT2D eigenvalue weighted by Gasteiger charge is -2.23. The van der Waals surface area contributed by atoms with Crippen LogP contribution in [0.2, 0.25) is 0 Å². The Hall–Kier alpha value is -0.480. The van der Waals surface area contributed by atoms with Crippen molar-refractivity contribution in [3.63, 3.8) is 0 Å². The molecule has 29 heavy (non-hydrogen) atoms. The highest BCUT2D eigenvalue weighted by molar-refractivity contribution is 7.91. The van der Waals surface area contributed by atoms with Crippen molar-refractivity contribution in [2.24, 2.45) is 0 Å². The number of aryl methyl sites for hydroxylation is 1. The third-order valence-corrected chi connectivity index (χ3v) is 6.53. The first-order valence-corrected chi connectivity index (χ1v) is 12.4. The molecule has 0 bridgehead atoms. The van der Waals surface area contributed by atoms with E-state index < -0.39 is 9.84 Å². The Morgan fingerprint density at radius 2 is 1.66 bits per heavy atom. The molecule has 1 aromatic rings. The average Bonchev–Trinajstić information content (AvgIpc) is 3.06. The van der Waals surface area contributed by atoms with E-state index in [0.29, 0.717) is 37.9 Å². The zero-order valence-corrected chi connectivity index (χ0v) is 21.6. The smallest absolute Gasteiger partial charge is 0.263 e. The lowest BCUT2D eigenvalue weighted by Crippen LogP contribution is -3.00. The monoisotopic (exact) mass is 542 g/mol. The molecule has 0 saturated carbocycles. The molecule has 1 rings (SSSR count). The highest BCUT2D eigenvalue weighted by Gasteiger charge is 2.15. The first-order chi connectivity index (χ1) is 13.1. The Balaban J connectivity index is 0.00000784. The molecule has 8 heteroatoms. The highest BCUT2D eigenvalue weighted by Crippen LogP contribution is 2.13. The molecule has 0 amide bonds. The zero-order valence-electron chi connectivity index (χ0n) is 18.6. The van der Waals surface area contributed by atoms with Crippen LogP contribution in [0.5, 0.6) is 0 Å². The number of sulfone groups is 1. The number of rotatable bonds is 16. The van der Waals surface area contributed by atoms with E-state index in [1.54, 1.807) is 6.20 Å². The maximum absolute atomic E-state index is 12.1. The number of Topliss-reactive ketones (excluding diaryl/α,β-unsaturated/α-hetero) is 1. The SMILES string of the molecule is CCCCCCCC(=O)c1ncc(CCCCS(=O)(=O)CCC[N+](C)(C)C)o1.[I-]. The summed E-state index contributed by atoms with van der Waals surface area (Å²) in [5.74, 6) is 1.28. The third-order valence-electron chi connectivity index (χ3n) is 4.71. The number of ketones is 1. The third kappa shape index (κ3) is 14.2. The van der Waals surface area contributed by atoms with Crippen LogP contribution in [-0.4, -0.2) is 62.9 Å². The van der Waals surface area contributed by atoms with Gasteiger partial charge in [0.05, 0.1) is 45.4 Å². The summed E-state index contributed by atoms with van der Waals surface area (Å²) in [5.41, 5.74) is 0. The Morgan fingerprint density at radius 3 is 2.31 bits per heavy atom. The number of hydrogen-bond donors (Lipinski definition) is 0. The van der Waals surface area contributed by atoms with E-state index in [2.05, 4.69) is 33.1 Å². The van der Waals surface area contributed by atoms with Gasteiger partial charge in [-0.15, -0.1) is 0 Å². The molecule has 1 aromatic heterocycles. The van der Waals surface area contributed by atoms with Crippen LogP contribution in [0.1, 0.15) is 81.2 Å². The van der Waals surface area contributed by atoms with E-state index in [-0.39, 0.29) is 47.2 Å². The Labute approximate surface area is 194 Å². The second kappa shape index (κ2) is 14.5. The minimum Gasteiger partial charge on any atom is -1.00 e. The lowest BCUT2D eigenvalue weighted by atomic mass is 10.1. The van der Waals surface area contributed by atoms with E-state index in [0.717, 1.165) is 23.9 Å². The maximum Gasteiger partial charge on any atom is 0.263 e. The molecule has 0 saturated heterocycles. The van der Waals surface area contributed by atoms with Crippen LogP contribution in [0.3, 0.4) is 0 Å². The number of nitrogens with zero attached hydrogens (tertiary/aromatic N) is 2. The maximum atomic E-state index is 12.1. The van der Waals surface area contributed by atoms with E-state index >= 15 is 0 Å². The van der Waals surface area contributed by atoms with Crippen molar-refractivity contribution < 1.29 is 46.1 Å². The van der Waals surface area contributed by atoms with Crippen LogP contribution in [0.4, 0.5) is 0 Å². The van der Waals surface area contributed by atoms with Crippen molar-refractivity contribution in [1.82, 2.24) is 4.98 Å². The Kier molecular flexibility index (Phi) is 14.3. The van der Waals surface area contributed by atoms with Crippen molar-refractivity contribution in [2.75, 3.05) is 39.2 Å². The molecular weight excluding hydrogens is 503 g/mol. The topological polar surface area (TPSA) is 77.2 Å². The van der Waals surface area contributed by atoms with Crippen LogP contribution >= 0.6 is 0 Å². The lowest BCUT2D eigenvalue weighted by molar-refractivity contribution is -0.870. The van der Waals surface area contributed by atoms with Gasteiger partial charge in [-0.2, -0.15) is 0 Å². The van der Waals surface area contributed by atoms with Crippen molar-refractivity contribution >= 4 is 15.6 Å². The van der Waals surface area contributed by atoms with Gasteiger partial charge in [0, 0.05) is 19.3 Å². The molecule has 0 atom stereocenters. The number of aromatic nitrogens is 1. The molecular formula is C21H39IN2O4S. The summed E-state index contributed by atoms with van der Waals surface area (Å²) >= 11 is 0. The van der Waals surface area contributed by atoms with Crippen LogP contribution in [0.15, 0.2) is 10.6 Å². The zero-order chi connectivity index (χ0) is 21.0. The molecule has 0 aliphatic carbocycles. The van der Waals surface area contributed by atoms with Gasteiger partial charge in [0.25, 0.3) is 5.89 Å². The summed E-state index contributed by atoms with van der Waals surface area (Å²) in [6.45, 7) is 3.02. The van der Waals surface area contributed by atoms with Gasteiger partial charge in [-0.05, 0) is 19.3 Å². The summed E-state index contributed by atoms with van der Waals surface area (Å²) in [6.07, 6.45) is 10.2. The van der Waals surface area contributed by atoms with Crippen molar-refractivity contribution in [3.8, 4) is 0 Å². The predicted molar refractivity (Wildman–Crippen MR) is 113 cm³/mol. The normalized spacial score (nSPS) is 12.0. The van der Waals surface area contributed by atoms with E-state index in [1.165, 1.54) is 19.3 Å². The van der Waals surface area contributed by atoms with Crippen molar-refractivity contribution in [3.05, 3.63) is 17.8 Å². The summed E-state index contributed by atoms with van der Waals surface area (Å²) in [7, 11) is 3.20. The van der Waals surface area contributed by atoms with E-state index in [4.69, 9.17) is 4.42 Å². The minimum atomic E-state index is -2.99. The van der Waals surface area contributed by atoms with Crippen LogP contribution in [0.25, 0.3) is 0 Å². The molecule has 170 valence electrons. The summed E-state index contributed by atoms with van der Waals surface area (Å²) in [5, 5.41) is 0. The van der Waals surface area contributed by atoms with Crippen LogP contribution in [0, 0.1) is 0 Å². The fourth-order valence-electron chi connectivity index (χ4n) is 3.03. The number of carbonyl (C=O) groups excluding carboxylic acids is 1. The molecule has 0 radical (unpaired) electrons. The number of carbonyl (C=O) groups is 1. The van der Waals surface area contributed by atoms with Gasteiger partial charge in [0.1, 0.15) is 5.76 Å². The molecule has 0 N–H and O–H groups in total. The molecule has 6 nitrogen and oxygen atoms in total. The highest BCUT2D eigenvalue weighted by atomic mass is 127. The second-order valence-corrected chi connectivity index (χ2v) is 11.0. The standard InChI is InChI=1S/C21H39N2O4S.HI/c1-5-6-7-8-9-14-20(24)21-22-18-19(27-21)13-10-11-16-28(25,26)17-12-15-23(2,3)4;/h18H,5-17H2,1-4H3;1H/q+1;/p-1. The first-order valence-electron chi connectivity index (χ1n) is 10.6. The van der Waals surface area contributed by atoms with E-state index in [9.17, 15) is 13.2 Å². The summed E-state index contributed by atoms with van der Waals surface area (Å²) < 4.78 is 30.5. The van der Waals surface area contributed by atoms with Gasteiger partial charge in [0.15, 0.2) is 9.84 Å². The van der Waals surface area contributed by atoms with Gasteiger partial charge < -0.3 is 32.9 Å². The van der Waals surface area contributed by atoms with E-state index in [1.807, 2.05) is 0 Å². The predicted octanol–water partition coefficient (Wildman–Crippen LogP) is 1.06. The van der Waals surface area contributed by atoms with Gasteiger partial charge in [0.2, 0.25) is 5.78 Å². The Morgan fingerprint density at radius 1 is 1.00 bits per heavy atom. The first kappa shape index (κ1) is 28.5. The fraction of sp³-hybridized carbons (Fsp3) is 0.810. The Bertz CT molecular complexity index is 681. The largest absolute Gasteiger partial charge is 1.00 e. The number of unbranched alkanes of at least 4 members (excludes halogenated alkanes) is 5. The van der Waals surface area contributed by atoms with Crippen molar-refractivity contribution in [2.45, 2.75) is 71.1 Å². The fourth-order valence-corrected chi connectivity index (χ4v) is 4.45. The number of oxazole rings is 1. The van der Waals surface area contributed by atoms with Gasteiger partial charge in [-0.1, -0.05) is 32.6 Å². The second-order valence-electron chi connectivity index (χ2n) is 8.70. The molecule has 0 spiro atoms. The quantitative estimate of drug-likeness (QED) is 0.135. The molecule has 0 aliphatic rings. The minimum absolute atomic E-state index is 0. The molecule has 0 aromatic carbocycles. The summed E-state index contributed by atoms with van der Waals surface area (Å²) in [4.78, 5) is 16.2. The molecule has 0 unspecified atom stereocenters. The number of halogens is 1. The van der Waals surface area contributed by atoms with Crippen LogP contribution in [-0.2, 0) is 16.3 Å². The number of hydrogen-bond acceptors (Lipinski definition) is 5. The van der Waals surface area contributed by atoms with Gasteiger partial charge in [-0.3, -0.25) is 4.79 Å². The van der Waals surface area contributed by atoms with Crippen molar-refractivity contribution in [1.29, 1.82) is 0 Å². The molecule has 1 heterocycles. The van der Waals surface area contributed by atoms with Gasteiger partial charge in [-0.25, -0.2) is 13.4 Å². The molecule has 0 aliphatic heterocycles. The number of quaternary nitrogens is 1. The molecule has 0 fully saturated rings. The average molecular weight is 543 g/mol. The summed E-state index contributed by atoms with van der Waals surface area (Å²) in [6, 6.07) is 0. The van der Waals surface area contributed by atoms with Crippen LogP contribution < -0.4 is 24.0 Å². The van der Waals surface area contributed by atoms with Gasteiger partial charge >= 0.3 is 0 Å².